The van der Waals surface area contributed by atoms with Crippen molar-refractivity contribution in [1.29, 1.82) is 0 Å². The van der Waals surface area contributed by atoms with Crippen LogP contribution in [0.2, 0.25) is 0 Å². The number of carbonyl (C=O) groups excluding carboxylic acids is 1. The standard InChI is InChI=1S/C21H18N4OS/c26-20(25-21-24-19(14-27-21)17-8-4-11-22-13-17)23-12-10-16-7-3-6-15-5-1-2-9-18(15)16/h1-9,11,13-14H,10,12H2,(H2,23,24,25,26). The molecule has 0 spiro atoms. The summed E-state index contributed by atoms with van der Waals surface area (Å²) < 4.78 is 0. The van der Waals surface area contributed by atoms with E-state index >= 15 is 0 Å². The van der Waals surface area contributed by atoms with E-state index in [2.05, 4.69) is 44.9 Å². The molecule has 4 rings (SSSR count). The van der Waals surface area contributed by atoms with Crippen LogP contribution in [0.25, 0.3) is 22.0 Å². The first kappa shape index (κ1) is 17.2. The molecule has 0 saturated carbocycles. The van der Waals surface area contributed by atoms with Crippen LogP contribution in [0.3, 0.4) is 0 Å². The Kier molecular flexibility index (Phi) is 5.07. The average molecular weight is 374 g/mol. The number of benzene rings is 2. The summed E-state index contributed by atoms with van der Waals surface area (Å²) in [6.07, 6.45) is 4.25. The van der Waals surface area contributed by atoms with E-state index in [0.717, 1.165) is 17.7 Å². The van der Waals surface area contributed by atoms with Gasteiger partial charge < -0.3 is 5.32 Å². The van der Waals surface area contributed by atoms with Gasteiger partial charge in [-0.3, -0.25) is 10.3 Å². The molecule has 2 aromatic carbocycles. The van der Waals surface area contributed by atoms with Crippen molar-refractivity contribution >= 4 is 33.3 Å². The molecule has 0 fully saturated rings. The number of amides is 2. The number of hydrogen-bond donors (Lipinski definition) is 2. The molecule has 2 heterocycles. The lowest BCUT2D eigenvalue weighted by Crippen LogP contribution is -2.30. The monoisotopic (exact) mass is 374 g/mol. The summed E-state index contributed by atoms with van der Waals surface area (Å²) in [7, 11) is 0. The minimum Gasteiger partial charge on any atom is -0.337 e. The predicted octanol–water partition coefficient (Wildman–Crippen LogP) is 4.72. The van der Waals surface area contributed by atoms with Gasteiger partial charge in [-0.25, -0.2) is 9.78 Å². The third-order valence-corrected chi connectivity index (χ3v) is 5.00. The molecule has 0 radical (unpaired) electrons. The second kappa shape index (κ2) is 7.97. The van der Waals surface area contributed by atoms with E-state index in [9.17, 15) is 4.79 Å². The normalized spacial score (nSPS) is 10.7. The Morgan fingerprint density at radius 3 is 2.81 bits per heavy atom. The third kappa shape index (κ3) is 4.12. The van der Waals surface area contributed by atoms with Gasteiger partial charge in [0, 0.05) is 29.9 Å². The van der Waals surface area contributed by atoms with Crippen LogP contribution in [0.5, 0.6) is 0 Å². The first-order valence-electron chi connectivity index (χ1n) is 8.67. The second-order valence-corrected chi connectivity index (χ2v) is 6.91. The molecule has 134 valence electrons. The summed E-state index contributed by atoms with van der Waals surface area (Å²) in [4.78, 5) is 20.7. The van der Waals surface area contributed by atoms with Crippen molar-refractivity contribution in [2.45, 2.75) is 6.42 Å². The van der Waals surface area contributed by atoms with Crippen LogP contribution in [0.4, 0.5) is 9.93 Å². The zero-order valence-electron chi connectivity index (χ0n) is 14.6. The Morgan fingerprint density at radius 1 is 1.04 bits per heavy atom. The number of rotatable bonds is 5. The topological polar surface area (TPSA) is 66.9 Å². The first-order valence-corrected chi connectivity index (χ1v) is 9.55. The maximum atomic E-state index is 12.1. The van der Waals surface area contributed by atoms with Gasteiger partial charge in [0.15, 0.2) is 5.13 Å². The van der Waals surface area contributed by atoms with Gasteiger partial charge in [-0.15, -0.1) is 11.3 Å². The number of urea groups is 1. The van der Waals surface area contributed by atoms with Crippen molar-refractivity contribution in [2.24, 2.45) is 0 Å². The lowest BCUT2D eigenvalue weighted by molar-refractivity contribution is 0.252. The van der Waals surface area contributed by atoms with Gasteiger partial charge in [-0.05, 0) is 34.9 Å². The summed E-state index contributed by atoms with van der Waals surface area (Å²) in [5.74, 6) is 0. The highest BCUT2D eigenvalue weighted by atomic mass is 32.1. The smallest absolute Gasteiger partial charge is 0.321 e. The first-order chi connectivity index (χ1) is 13.3. The number of carbonyl (C=O) groups is 1. The van der Waals surface area contributed by atoms with E-state index in [1.165, 1.54) is 27.7 Å². The molecule has 6 heteroatoms. The van der Waals surface area contributed by atoms with Gasteiger partial charge in [-0.1, -0.05) is 42.5 Å². The highest BCUT2D eigenvalue weighted by molar-refractivity contribution is 7.14. The van der Waals surface area contributed by atoms with Crippen LogP contribution in [-0.4, -0.2) is 22.5 Å². The maximum absolute atomic E-state index is 12.1. The molecule has 5 nitrogen and oxygen atoms in total. The number of hydrogen-bond acceptors (Lipinski definition) is 4. The zero-order valence-corrected chi connectivity index (χ0v) is 15.4. The van der Waals surface area contributed by atoms with E-state index in [1.54, 1.807) is 12.4 Å². The van der Waals surface area contributed by atoms with Gasteiger partial charge >= 0.3 is 6.03 Å². The number of aromatic nitrogens is 2. The molecule has 0 atom stereocenters. The molecule has 0 aliphatic rings. The summed E-state index contributed by atoms with van der Waals surface area (Å²) in [5.41, 5.74) is 2.96. The van der Waals surface area contributed by atoms with Gasteiger partial charge in [0.2, 0.25) is 0 Å². The molecule has 2 amide bonds. The van der Waals surface area contributed by atoms with E-state index < -0.39 is 0 Å². The summed E-state index contributed by atoms with van der Waals surface area (Å²) >= 11 is 1.39. The predicted molar refractivity (Wildman–Crippen MR) is 110 cm³/mol. The quantitative estimate of drug-likeness (QED) is 0.531. The molecular weight excluding hydrogens is 356 g/mol. The van der Waals surface area contributed by atoms with Gasteiger partial charge in [0.05, 0.1) is 5.69 Å². The van der Waals surface area contributed by atoms with E-state index in [0.29, 0.717) is 11.7 Å². The molecule has 27 heavy (non-hydrogen) atoms. The van der Waals surface area contributed by atoms with Crippen LogP contribution < -0.4 is 10.6 Å². The van der Waals surface area contributed by atoms with Crippen molar-refractivity contribution < 1.29 is 4.79 Å². The Bertz CT molecular complexity index is 1060. The van der Waals surface area contributed by atoms with Crippen LogP contribution in [0.1, 0.15) is 5.56 Å². The van der Waals surface area contributed by atoms with Gasteiger partial charge in [-0.2, -0.15) is 0 Å². The highest BCUT2D eigenvalue weighted by Crippen LogP contribution is 2.24. The minimum absolute atomic E-state index is 0.248. The van der Waals surface area contributed by atoms with Crippen molar-refractivity contribution in [1.82, 2.24) is 15.3 Å². The molecule has 0 aliphatic heterocycles. The zero-order chi connectivity index (χ0) is 18.5. The SMILES string of the molecule is O=C(NCCc1cccc2ccccc12)Nc1nc(-c2cccnc2)cs1. The second-order valence-electron chi connectivity index (χ2n) is 6.05. The Morgan fingerprint density at radius 2 is 1.93 bits per heavy atom. The molecular formula is C21H18N4OS. The van der Waals surface area contributed by atoms with Crippen LogP contribution in [0.15, 0.2) is 72.4 Å². The van der Waals surface area contributed by atoms with Crippen LogP contribution >= 0.6 is 11.3 Å². The fraction of sp³-hybridized carbons (Fsp3) is 0.0952. The van der Waals surface area contributed by atoms with Crippen molar-refractivity contribution in [3.63, 3.8) is 0 Å². The Hall–Kier alpha value is -3.25. The molecule has 0 aliphatic carbocycles. The third-order valence-electron chi connectivity index (χ3n) is 4.24. The van der Waals surface area contributed by atoms with E-state index in [4.69, 9.17) is 0 Å². The fourth-order valence-electron chi connectivity index (χ4n) is 2.94. The van der Waals surface area contributed by atoms with Crippen molar-refractivity contribution in [3.05, 3.63) is 77.9 Å². The van der Waals surface area contributed by atoms with E-state index in [-0.39, 0.29) is 6.03 Å². The molecule has 0 saturated heterocycles. The lowest BCUT2D eigenvalue weighted by atomic mass is 10.0. The Balaban J connectivity index is 1.33. The highest BCUT2D eigenvalue weighted by Gasteiger charge is 2.08. The molecule has 0 bridgehead atoms. The molecule has 2 N–H and O–H groups in total. The average Bonchev–Trinajstić information content (AvgIpc) is 3.17. The molecule has 2 aromatic heterocycles. The van der Waals surface area contributed by atoms with Crippen LogP contribution in [-0.2, 0) is 6.42 Å². The number of thiazole rings is 1. The number of fused-ring (bicyclic) bond motifs is 1. The number of pyridine rings is 1. The van der Waals surface area contributed by atoms with E-state index in [1.807, 2.05) is 35.7 Å². The molecule has 0 unspecified atom stereocenters. The summed E-state index contributed by atoms with van der Waals surface area (Å²) in [5, 5.41) is 10.6. The van der Waals surface area contributed by atoms with Gasteiger partial charge in [0.1, 0.15) is 0 Å². The van der Waals surface area contributed by atoms with Crippen molar-refractivity contribution in [2.75, 3.05) is 11.9 Å². The maximum Gasteiger partial charge on any atom is 0.321 e. The largest absolute Gasteiger partial charge is 0.337 e. The summed E-state index contributed by atoms with van der Waals surface area (Å²) in [6.45, 7) is 0.556. The number of nitrogens with zero attached hydrogens (tertiary/aromatic N) is 2. The Labute approximate surface area is 161 Å². The lowest BCUT2D eigenvalue weighted by Gasteiger charge is -2.08. The minimum atomic E-state index is -0.248. The van der Waals surface area contributed by atoms with Crippen LogP contribution in [0, 0.1) is 0 Å². The van der Waals surface area contributed by atoms with Gasteiger partial charge in [0.25, 0.3) is 0 Å². The summed E-state index contributed by atoms with van der Waals surface area (Å²) in [6, 6.07) is 18.1. The number of anilines is 1. The fourth-order valence-corrected chi connectivity index (χ4v) is 3.66. The molecule has 4 aromatic rings. The number of nitrogens with one attached hydrogen (secondary N) is 2. The van der Waals surface area contributed by atoms with Crippen molar-refractivity contribution in [3.8, 4) is 11.3 Å².